The third kappa shape index (κ3) is 1.71. The molecule has 1 unspecified atom stereocenters. The molecule has 102 valence electrons. The fraction of sp³-hybridized carbons (Fsp3) is 0.500. The molecule has 0 saturated heterocycles. The summed E-state index contributed by atoms with van der Waals surface area (Å²) >= 11 is 0. The fourth-order valence-corrected chi connectivity index (χ4v) is 5.69. The van der Waals surface area contributed by atoms with Gasteiger partial charge in [-0.2, -0.15) is 0 Å². The minimum atomic E-state index is -3.26. The highest BCUT2D eigenvalue weighted by atomic mass is 32.2. The first kappa shape index (κ1) is 12.9. The molecule has 1 aromatic carbocycles. The van der Waals surface area contributed by atoms with Crippen LogP contribution in [0.3, 0.4) is 0 Å². The SMILES string of the molecule is C=C1C(S(=O)(=O)c2ccccc2)C[C@@H]2C[C@H]1C2(C)C. The summed E-state index contributed by atoms with van der Waals surface area (Å²) < 4.78 is 25.4. The first-order valence-electron chi connectivity index (χ1n) is 6.83. The second-order valence-electron chi connectivity index (χ2n) is 6.46. The van der Waals surface area contributed by atoms with Crippen molar-refractivity contribution in [2.45, 2.75) is 36.8 Å². The highest BCUT2D eigenvalue weighted by Gasteiger charge is 2.57. The molecule has 19 heavy (non-hydrogen) atoms. The molecular formula is C16H20O2S. The van der Waals surface area contributed by atoms with Gasteiger partial charge in [0.05, 0.1) is 10.1 Å². The molecule has 3 saturated carbocycles. The molecule has 1 aromatic rings. The Kier molecular flexibility index (Phi) is 2.69. The lowest BCUT2D eigenvalue weighted by molar-refractivity contribution is -0.0258. The van der Waals surface area contributed by atoms with Crippen molar-refractivity contribution in [1.29, 1.82) is 0 Å². The first-order chi connectivity index (χ1) is 8.85. The third-order valence-electron chi connectivity index (χ3n) is 5.28. The van der Waals surface area contributed by atoms with Gasteiger partial charge in [0.15, 0.2) is 9.84 Å². The molecule has 2 nitrogen and oxygen atoms in total. The molecular weight excluding hydrogens is 256 g/mol. The summed E-state index contributed by atoms with van der Waals surface area (Å²) in [5.41, 5.74) is 1.16. The monoisotopic (exact) mass is 276 g/mol. The second kappa shape index (κ2) is 3.95. The van der Waals surface area contributed by atoms with Gasteiger partial charge in [-0.15, -0.1) is 0 Å². The van der Waals surface area contributed by atoms with Crippen LogP contribution in [0.4, 0.5) is 0 Å². The molecule has 2 bridgehead atoms. The van der Waals surface area contributed by atoms with Gasteiger partial charge < -0.3 is 0 Å². The zero-order chi connectivity index (χ0) is 13.8. The standard InChI is InChI=1S/C16H20O2S/c1-11-14-9-12(16(14,2)3)10-15(11)19(17,18)13-7-5-4-6-8-13/h4-8,12,14-15H,1,9-10H2,2-3H3/t12-,14+,15?/m0/s1. The normalized spacial score (nSPS) is 32.7. The minimum Gasteiger partial charge on any atom is -0.223 e. The highest BCUT2D eigenvalue weighted by molar-refractivity contribution is 7.92. The van der Waals surface area contributed by atoms with E-state index >= 15 is 0 Å². The van der Waals surface area contributed by atoms with Crippen molar-refractivity contribution >= 4 is 9.84 Å². The van der Waals surface area contributed by atoms with Crippen LogP contribution >= 0.6 is 0 Å². The maximum Gasteiger partial charge on any atom is 0.185 e. The van der Waals surface area contributed by atoms with E-state index in [1.54, 1.807) is 24.3 Å². The molecule has 0 heterocycles. The molecule has 3 heteroatoms. The predicted molar refractivity (Wildman–Crippen MR) is 76.6 cm³/mol. The van der Waals surface area contributed by atoms with E-state index < -0.39 is 9.84 Å². The number of hydrogen-bond donors (Lipinski definition) is 0. The smallest absolute Gasteiger partial charge is 0.185 e. The van der Waals surface area contributed by atoms with Crippen molar-refractivity contribution in [3.63, 3.8) is 0 Å². The van der Waals surface area contributed by atoms with Crippen molar-refractivity contribution < 1.29 is 8.42 Å². The quantitative estimate of drug-likeness (QED) is 0.775. The third-order valence-corrected chi connectivity index (χ3v) is 7.45. The van der Waals surface area contributed by atoms with Gasteiger partial charge >= 0.3 is 0 Å². The van der Waals surface area contributed by atoms with Gasteiger partial charge in [-0.05, 0) is 42.2 Å². The Balaban J connectivity index is 1.95. The molecule has 3 aliphatic carbocycles. The van der Waals surface area contributed by atoms with Crippen LogP contribution in [0, 0.1) is 17.3 Å². The van der Waals surface area contributed by atoms with E-state index in [-0.39, 0.29) is 10.7 Å². The molecule has 0 aliphatic heterocycles. The number of benzene rings is 1. The van der Waals surface area contributed by atoms with E-state index in [1.807, 2.05) is 6.07 Å². The number of hydrogen-bond acceptors (Lipinski definition) is 2. The van der Waals surface area contributed by atoms with E-state index in [2.05, 4.69) is 20.4 Å². The van der Waals surface area contributed by atoms with Crippen LogP contribution in [-0.2, 0) is 9.84 Å². The number of sulfone groups is 1. The molecule has 3 fully saturated rings. The summed E-state index contributed by atoms with van der Waals surface area (Å²) in [5, 5.41) is -0.383. The van der Waals surface area contributed by atoms with E-state index in [0.29, 0.717) is 16.7 Å². The lowest BCUT2D eigenvalue weighted by Gasteiger charge is -2.59. The van der Waals surface area contributed by atoms with Gasteiger partial charge in [0, 0.05) is 0 Å². The van der Waals surface area contributed by atoms with Crippen LogP contribution in [0.1, 0.15) is 26.7 Å². The van der Waals surface area contributed by atoms with Crippen molar-refractivity contribution in [1.82, 2.24) is 0 Å². The zero-order valence-corrected chi connectivity index (χ0v) is 12.3. The van der Waals surface area contributed by atoms with Gasteiger partial charge in [-0.3, -0.25) is 0 Å². The molecule has 0 spiro atoms. The molecule has 4 rings (SSSR count). The maximum atomic E-state index is 12.7. The molecule has 0 N–H and O–H groups in total. The van der Waals surface area contributed by atoms with Crippen molar-refractivity contribution in [2.24, 2.45) is 17.3 Å². The van der Waals surface area contributed by atoms with Gasteiger partial charge in [0.1, 0.15) is 0 Å². The fourth-order valence-electron chi connectivity index (χ4n) is 3.78. The molecule has 0 radical (unpaired) electrons. The van der Waals surface area contributed by atoms with E-state index in [0.717, 1.165) is 18.4 Å². The minimum absolute atomic E-state index is 0.236. The highest BCUT2D eigenvalue weighted by Crippen LogP contribution is 2.62. The van der Waals surface area contributed by atoms with E-state index in [4.69, 9.17) is 0 Å². The van der Waals surface area contributed by atoms with Crippen LogP contribution in [0.2, 0.25) is 0 Å². The Morgan fingerprint density at radius 1 is 1.16 bits per heavy atom. The predicted octanol–water partition coefficient (Wildman–Crippen LogP) is 3.45. The van der Waals surface area contributed by atoms with Crippen LogP contribution in [0.5, 0.6) is 0 Å². The average Bonchev–Trinajstić information content (AvgIpc) is 2.39. The Bertz CT molecular complexity index is 613. The summed E-state index contributed by atoms with van der Waals surface area (Å²) in [4.78, 5) is 0.431. The van der Waals surface area contributed by atoms with Gasteiger partial charge in [-0.25, -0.2) is 8.42 Å². The summed E-state index contributed by atoms with van der Waals surface area (Å²) in [5.74, 6) is 0.890. The largest absolute Gasteiger partial charge is 0.223 e. The number of fused-ring (bicyclic) bond motifs is 2. The Morgan fingerprint density at radius 3 is 2.32 bits per heavy atom. The van der Waals surface area contributed by atoms with E-state index in [9.17, 15) is 8.42 Å². The average molecular weight is 276 g/mol. The summed E-state index contributed by atoms with van der Waals surface area (Å²) in [7, 11) is -3.26. The molecule has 3 atom stereocenters. The van der Waals surface area contributed by atoms with Crippen LogP contribution in [0.25, 0.3) is 0 Å². The van der Waals surface area contributed by atoms with Gasteiger partial charge in [0.25, 0.3) is 0 Å². The molecule has 0 amide bonds. The zero-order valence-electron chi connectivity index (χ0n) is 11.5. The topological polar surface area (TPSA) is 34.1 Å². The summed E-state index contributed by atoms with van der Waals surface area (Å²) in [6.45, 7) is 8.60. The maximum absolute atomic E-state index is 12.7. The van der Waals surface area contributed by atoms with Crippen LogP contribution < -0.4 is 0 Å². The Hall–Kier alpha value is -1.09. The second-order valence-corrected chi connectivity index (χ2v) is 8.59. The summed E-state index contributed by atoms with van der Waals surface area (Å²) in [6, 6.07) is 8.78. The lowest BCUT2D eigenvalue weighted by atomic mass is 9.47. The number of rotatable bonds is 2. The van der Waals surface area contributed by atoms with Gasteiger partial charge in [0.2, 0.25) is 0 Å². The van der Waals surface area contributed by atoms with E-state index in [1.165, 1.54) is 0 Å². The Morgan fingerprint density at radius 2 is 1.79 bits per heavy atom. The van der Waals surface area contributed by atoms with Gasteiger partial charge in [-0.1, -0.05) is 44.2 Å². The summed E-state index contributed by atoms with van der Waals surface area (Å²) in [6.07, 6.45) is 1.85. The molecule has 3 aliphatic rings. The molecule has 0 aromatic heterocycles. The van der Waals surface area contributed by atoms with Crippen molar-refractivity contribution in [3.05, 3.63) is 42.5 Å². The van der Waals surface area contributed by atoms with Crippen LogP contribution in [0.15, 0.2) is 47.4 Å². The lowest BCUT2D eigenvalue weighted by Crippen LogP contribution is -2.54. The van der Waals surface area contributed by atoms with Crippen molar-refractivity contribution in [3.8, 4) is 0 Å². The van der Waals surface area contributed by atoms with Crippen LogP contribution in [-0.4, -0.2) is 13.7 Å². The van der Waals surface area contributed by atoms with Crippen molar-refractivity contribution in [2.75, 3.05) is 0 Å². The first-order valence-corrected chi connectivity index (χ1v) is 8.37. The Labute approximate surface area is 115 Å².